The molecular weight excluding hydrogens is 286 g/mol. The maximum atomic E-state index is 11.5. The van der Waals surface area contributed by atoms with Crippen molar-refractivity contribution in [2.75, 3.05) is 7.05 Å². The van der Waals surface area contributed by atoms with Gasteiger partial charge in [-0.15, -0.1) is 0 Å². The predicted octanol–water partition coefficient (Wildman–Crippen LogP) is 1.60. The number of nitrogens with one attached hydrogen (secondary N) is 2. The summed E-state index contributed by atoms with van der Waals surface area (Å²) in [5, 5.41) is 4.54. The van der Waals surface area contributed by atoms with Crippen LogP contribution in [0.1, 0.15) is 11.4 Å². The molecule has 6 nitrogen and oxygen atoms in total. The maximum absolute atomic E-state index is 11.5. The molecule has 0 aliphatic carbocycles. The Morgan fingerprint density at radius 2 is 2.24 bits per heavy atom. The average Bonchev–Trinajstić information content (AvgIpc) is 2.76. The summed E-state index contributed by atoms with van der Waals surface area (Å²) in [6, 6.07) is 7.35. The van der Waals surface area contributed by atoms with Crippen LogP contribution in [0.2, 0.25) is 0 Å². The van der Waals surface area contributed by atoms with E-state index < -0.39 is 0 Å². The Morgan fingerprint density at radius 1 is 1.38 bits per heavy atom. The molecule has 0 spiro atoms. The molecule has 0 aliphatic rings. The van der Waals surface area contributed by atoms with E-state index in [2.05, 4.69) is 20.3 Å². The van der Waals surface area contributed by atoms with Crippen LogP contribution >= 0.6 is 11.8 Å². The van der Waals surface area contributed by atoms with E-state index in [-0.39, 0.29) is 5.56 Å². The van der Waals surface area contributed by atoms with Crippen molar-refractivity contribution in [1.29, 1.82) is 0 Å². The molecule has 0 aliphatic heterocycles. The number of hydrogen-bond donors (Lipinski definition) is 2. The van der Waals surface area contributed by atoms with Crippen molar-refractivity contribution in [1.82, 2.24) is 24.7 Å². The first-order chi connectivity index (χ1) is 10.2. The molecule has 3 aromatic heterocycles. The van der Waals surface area contributed by atoms with Crippen molar-refractivity contribution in [2.45, 2.75) is 23.7 Å². The van der Waals surface area contributed by atoms with Crippen LogP contribution in [-0.4, -0.2) is 26.4 Å². The zero-order valence-corrected chi connectivity index (χ0v) is 12.6. The second-order valence-electron chi connectivity index (χ2n) is 4.62. The van der Waals surface area contributed by atoms with Crippen LogP contribution in [0.15, 0.2) is 45.4 Å². The standard InChI is InChI=1S/C14H15N5OS/c1-9-7-12(20)18-14(16-9)21-13-10(8-15-2)19-6-4-3-5-11(19)17-13/h3-7,15H,8H2,1-2H3,(H,16,18,20). The van der Waals surface area contributed by atoms with Gasteiger partial charge in [-0.2, -0.15) is 0 Å². The third-order valence-electron chi connectivity index (χ3n) is 2.98. The molecule has 0 amide bonds. The Kier molecular flexibility index (Phi) is 3.76. The fourth-order valence-electron chi connectivity index (χ4n) is 2.13. The van der Waals surface area contributed by atoms with Gasteiger partial charge in [-0.1, -0.05) is 6.07 Å². The highest BCUT2D eigenvalue weighted by Crippen LogP contribution is 2.27. The SMILES string of the molecule is CNCc1c(Sc2nc(C)cc(=O)[nH]2)nc2ccccn12. The Hall–Kier alpha value is -2.12. The Labute approximate surface area is 125 Å². The number of aromatic nitrogens is 4. The van der Waals surface area contributed by atoms with Gasteiger partial charge in [-0.05, 0) is 37.9 Å². The Bertz CT molecular complexity index is 839. The second kappa shape index (κ2) is 5.71. The summed E-state index contributed by atoms with van der Waals surface area (Å²) in [5.74, 6) is 0. The Morgan fingerprint density at radius 3 is 3.00 bits per heavy atom. The zero-order chi connectivity index (χ0) is 14.8. The minimum absolute atomic E-state index is 0.149. The number of nitrogens with zero attached hydrogens (tertiary/aromatic N) is 3. The van der Waals surface area contributed by atoms with Gasteiger partial charge in [0.1, 0.15) is 10.7 Å². The first kappa shape index (κ1) is 13.8. The molecule has 0 aromatic carbocycles. The molecule has 7 heteroatoms. The summed E-state index contributed by atoms with van der Waals surface area (Å²) in [6.45, 7) is 2.49. The fraction of sp³-hybridized carbons (Fsp3) is 0.214. The molecule has 2 N–H and O–H groups in total. The van der Waals surface area contributed by atoms with Gasteiger partial charge in [0.2, 0.25) is 0 Å². The van der Waals surface area contributed by atoms with Gasteiger partial charge >= 0.3 is 0 Å². The van der Waals surface area contributed by atoms with Crippen LogP contribution in [0.4, 0.5) is 0 Å². The van der Waals surface area contributed by atoms with Gasteiger partial charge < -0.3 is 14.7 Å². The minimum Gasteiger partial charge on any atom is -0.314 e. The highest BCUT2D eigenvalue weighted by molar-refractivity contribution is 7.99. The van der Waals surface area contributed by atoms with E-state index in [1.54, 1.807) is 6.92 Å². The maximum Gasteiger partial charge on any atom is 0.251 e. The number of rotatable bonds is 4. The number of H-pyrrole nitrogens is 1. The van der Waals surface area contributed by atoms with E-state index >= 15 is 0 Å². The molecule has 0 bridgehead atoms. The van der Waals surface area contributed by atoms with Crippen molar-refractivity contribution >= 4 is 17.4 Å². The monoisotopic (exact) mass is 301 g/mol. The van der Waals surface area contributed by atoms with E-state index in [4.69, 9.17) is 0 Å². The summed E-state index contributed by atoms with van der Waals surface area (Å²) >= 11 is 1.37. The molecule has 3 rings (SSSR count). The van der Waals surface area contributed by atoms with Crippen molar-refractivity contribution in [3.8, 4) is 0 Å². The number of fused-ring (bicyclic) bond motifs is 1. The van der Waals surface area contributed by atoms with E-state index in [0.29, 0.717) is 17.4 Å². The molecule has 0 fully saturated rings. The molecule has 0 radical (unpaired) electrons. The first-order valence-corrected chi connectivity index (χ1v) is 7.35. The van der Waals surface area contributed by atoms with E-state index in [1.807, 2.05) is 35.8 Å². The van der Waals surface area contributed by atoms with E-state index in [0.717, 1.165) is 16.4 Å². The lowest BCUT2D eigenvalue weighted by atomic mass is 10.4. The quantitative estimate of drug-likeness (QED) is 0.716. The molecule has 21 heavy (non-hydrogen) atoms. The molecule has 3 heterocycles. The van der Waals surface area contributed by atoms with Gasteiger partial charge in [0.25, 0.3) is 5.56 Å². The summed E-state index contributed by atoms with van der Waals surface area (Å²) in [5.41, 5.74) is 2.46. The van der Waals surface area contributed by atoms with Crippen LogP contribution in [0.3, 0.4) is 0 Å². The number of aromatic amines is 1. The molecule has 108 valence electrons. The van der Waals surface area contributed by atoms with Crippen LogP contribution in [0, 0.1) is 6.92 Å². The fourth-order valence-corrected chi connectivity index (χ4v) is 3.08. The number of hydrogen-bond acceptors (Lipinski definition) is 5. The molecule has 0 atom stereocenters. The van der Waals surface area contributed by atoms with Crippen LogP contribution in [0.25, 0.3) is 5.65 Å². The van der Waals surface area contributed by atoms with Crippen molar-refractivity contribution in [3.05, 3.63) is 52.2 Å². The van der Waals surface area contributed by atoms with Crippen LogP contribution in [0.5, 0.6) is 0 Å². The first-order valence-electron chi connectivity index (χ1n) is 6.54. The lowest BCUT2D eigenvalue weighted by Crippen LogP contribution is -2.10. The van der Waals surface area contributed by atoms with Gasteiger partial charge in [0.15, 0.2) is 5.16 Å². The largest absolute Gasteiger partial charge is 0.314 e. The van der Waals surface area contributed by atoms with Crippen LogP contribution < -0.4 is 10.9 Å². The van der Waals surface area contributed by atoms with Gasteiger partial charge in [0, 0.05) is 24.5 Å². The molecule has 0 unspecified atom stereocenters. The van der Waals surface area contributed by atoms with Crippen LogP contribution in [-0.2, 0) is 6.54 Å². The normalized spacial score (nSPS) is 11.1. The van der Waals surface area contributed by atoms with E-state index in [9.17, 15) is 4.79 Å². The third kappa shape index (κ3) is 2.84. The molecule has 0 saturated carbocycles. The summed E-state index contributed by atoms with van der Waals surface area (Å²) < 4.78 is 2.03. The molecule has 3 aromatic rings. The molecular formula is C14H15N5OS. The second-order valence-corrected chi connectivity index (χ2v) is 5.59. The topological polar surface area (TPSA) is 75.1 Å². The average molecular weight is 301 g/mol. The van der Waals surface area contributed by atoms with Crippen molar-refractivity contribution < 1.29 is 0 Å². The van der Waals surface area contributed by atoms with E-state index in [1.165, 1.54) is 17.8 Å². The summed E-state index contributed by atoms with van der Waals surface area (Å²) in [7, 11) is 1.89. The van der Waals surface area contributed by atoms with Gasteiger partial charge in [-0.25, -0.2) is 9.97 Å². The highest BCUT2D eigenvalue weighted by atomic mass is 32.2. The van der Waals surface area contributed by atoms with Gasteiger partial charge in [-0.3, -0.25) is 4.79 Å². The number of imidazole rings is 1. The smallest absolute Gasteiger partial charge is 0.251 e. The number of aryl methyl sites for hydroxylation is 1. The Balaban J connectivity index is 2.06. The van der Waals surface area contributed by atoms with Gasteiger partial charge in [0.05, 0.1) is 5.69 Å². The predicted molar refractivity (Wildman–Crippen MR) is 81.7 cm³/mol. The lowest BCUT2D eigenvalue weighted by Gasteiger charge is -2.04. The summed E-state index contributed by atoms with van der Waals surface area (Å²) in [6.07, 6.45) is 1.98. The van der Waals surface area contributed by atoms with Crippen molar-refractivity contribution in [3.63, 3.8) is 0 Å². The van der Waals surface area contributed by atoms with Crippen molar-refractivity contribution in [2.24, 2.45) is 0 Å². The summed E-state index contributed by atoms with van der Waals surface area (Å²) in [4.78, 5) is 23.2. The third-order valence-corrected chi connectivity index (χ3v) is 3.88. The lowest BCUT2D eigenvalue weighted by molar-refractivity contribution is 0.763. The highest BCUT2D eigenvalue weighted by Gasteiger charge is 2.13. The number of pyridine rings is 1. The minimum atomic E-state index is -0.149. The zero-order valence-electron chi connectivity index (χ0n) is 11.8. The molecule has 0 saturated heterocycles.